The van der Waals surface area contributed by atoms with E-state index in [9.17, 15) is 9.18 Å². The van der Waals surface area contributed by atoms with Gasteiger partial charge in [0.2, 0.25) is 5.91 Å². The first-order valence-corrected chi connectivity index (χ1v) is 8.80. The number of ether oxygens (including phenoxy) is 1. The number of rotatable bonds is 6. The van der Waals surface area contributed by atoms with Gasteiger partial charge in [-0.2, -0.15) is 0 Å². The average molecular weight is 394 g/mol. The van der Waals surface area contributed by atoms with E-state index in [1.54, 1.807) is 19.2 Å². The van der Waals surface area contributed by atoms with Crippen LogP contribution in [0.25, 0.3) is 0 Å². The van der Waals surface area contributed by atoms with Crippen LogP contribution in [-0.2, 0) is 4.79 Å². The average Bonchev–Trinajstić information content (AvgIpc) is 2.66. The van der Waals surface area contributed by atoms with Gasteiger partial charge < -0.3 is 15.4 Å². The summed E-state index contributed by atoms with van der Waals surface area (Å²) < 4.78 is 18.7. The largest absolute Gasteiger partial charge is 0.496 e. The van der Waals surface area contributed by atoms with E-state index in [-0.39, 0.29) is 30.2 Å². The standard InChI is InChI=1S/C20H24FN3O2.ClH/c1-26-19-8-3-2-7-17(19)18-14-22-10-12-24(18)11-9-20(25)23-16-6-4-5-15(21)13-16;/h2-8,13,18,22H,9-12,14H2,1H3,(H,23,25);1H. The zero-order valence-electron chi connectivity index (χ0n) is 15.3. The van der Waals surface area contributed by atoms with Crippen LogP contribution >= 0.6 is 12.4 Å². The monoisotopic (exact) mass is 393 g/mol. The minimum atomic E-state index is -0.360. The highest BCUT2D eigenvalue weighted by molar-refractivity contribution is 5.90. The van der Waals surface area contributed by atoms with Gasteiger partial charge in [0.15, 0.2) is 0 Å². The molecule has 1 aliphatic rings. The fourth-order valence-corrected chi connectivity index (χ4v) is 3.30. The SMILES string of the molecule is COc1ccccc1C1CNCCN1CCC(=O)Nc1cccc(F)c1.Cl. The summed E-state index contributed by atoms with van der Waals surface area (Å²) in [4.78, 5) is 14.5. The number of methoxy groups -OCH3 is 1. The summed E-state index contributed by atoms with van der Waals surface area (Å²) in [5, 5.41) is 6.16. The molecule has 1 saturated heterocycles. The molecule has 1 heterocycles. The highest BCUT2D eigenvalue weighted by Crippen LogP contribution is 2.30. The van der Waals surface area contributed by atoms with Crippen LogP contribution < -0.4 is 15.4 Å². The first-order valence-electron chi connectivity index (χ1n) is 8.80. The van der Waals surface area contributed by atoms with Gasteiger partial charge in [0, 0.05) is 43.9 Å². The minimum Gasteiger partial charge on any atom is -0.496 e. The van der Waals surface area contributed by atoms with Gasteiger partial charge in [-0.3, -0.25) is 9.69 Å². The van der Waals surface area contributed by atoms with Crippen LogP contribution in [-0.4, -0.2) is 44.1 Å². The Morgan fingerprint density at radius 1 is 1.30 bits per heavy atom. The second-order valence-electron chi connectivity index (χ2n) is 6.31. The number of para-hydroxylation sites is 1. The molecule has 5 nitrogen and oxygen atoms in total. The van der Waals surface area contributed by atoms with Gasteiger partial charge in [0.25, 0.3) is 0 Å². The van der Waals surface area contributed by atoms with E-state index < -0.39 is 0 Å². The molecule has 3 rings (SSSR count). The molecule has 1 aliphatic heterocycles. The summed E-state index contributed by atoms with van der Waals surface area (Å²) in [5.41, 5.74) is 1.60. The number of piperazine rings is 1. The number of nitrogens with one attached hydrogen (secondary N) is 2. The Morgan fingerprint density at radius 3 is 2.89 bits per heavy atom. The van der Waals surface area contributed by atoms with E-state index in [0.717, 1.165) is 30.9 Å². The maximum absolute atomic E-state index is 13.2. The molecular formula is C20H25ClFN3O2. The molecule has 0 radical (unpaired) electrons. The fraction of sp³-hybridized carbons (Fsp3) is 0.350. The Bertz CT molecular complexity index is 760. The topological polar surface area (TPSA) is 53.6 Å². The Labute approximate surface area is 165 Å². The molecule has 2 aromatic rings. The predicted molar refractivity (Wildman–Crippen MR) is 107 cm³/mol. The number of anilines is 1. The van der Waals surface area contributed by atoms with Crippen molar-refractivity contribution in [3.8, 4) is 5.75 Å². The van der Waals surface area contributed by atoms with Crippen LogP contribution in [0.2, 0.25) is 0 Å². The van der Waals surface area contributed by atoms with Crippen LogP contribution in [0.1, 0.15) is 18.0 Å². The van der Waals surface area contributed by atoms with Gasteiger partial charge in [-0.05, 0) is 24.3 Å². The van der Waals surface area contributed by atoms with Gasteiger partial charge in [-0.1, -0.05) is 24.3 Å². The summed E-state index contributed by atoms with van der Waals surface area (Å²) in [6.45, 7) is 3.19. The Kier molecular flexibility index (Phi) is 8.03. The van der Waals surface area contributed by atoms with Crippen molar-refractivity contribution in [2.45, 2.75) is 12.5 Å². The summed E-state index contributed by atoms with van der Waals surface area (Å²) in [5.74, 6) is 0.379. The molecule has 7 heteroatoms. The molecule has 0 bridgehead atoms. The first kappa shape index (κ1) is 21.2. The number of amides is 1. The summed E-state index contributed by atoms with van der Waals surface area (Å²) in [6, 6.07) is 14.1. The van der Waals surface area contributed by atoms with Gasteiger partial charge in [-0.25, -0.2) is 4.39 Å². The third-order valence-electron chi connectivity index (χ3n) is 4.59. The molecule has 146 valence electrons. The quantitative estimate of drug-likeness (QED) is 0.791. The molecule has 0 spiro atoms. The maximum Gasteiger partial charge on any atom is 0.225 e. The molecule has 0 aromatic heterocycles. The lowest BCUT2D eigenvalue weighted by atomic mass is 10.0. The Balaban J connectivity index is 0.00000261. The molecule has 2 N–H and O–H groups in total. The summed E-state index contributed by atoms with van der Waals surface area (Å²) >= 11 is 0. The van der Waals surface area contributed by atoms with Crippen LogP contribution in [0.15, 0.2) is 48.5 Å². The molecule has 0 aliphatic carbocycles. The van der Waals surface area contributed by atoms with Crippen molar-refractivity contribution in [2.75, 3.05) is 38.6 Å². The highest BCUT2D eigenvalue weighted by Gasteiger charge is 2.26. The third-order valence-corrected chi connectivity index (χ3v) is 4.59. The third kappa shape index (κ3) is 5.66. The molecule has 1 atom stereocenters. The Morgan fingerprint density at radius 2 is 2.11 bits per heavy atom. The van der Waals surface area contributed by atoms with E-state index in [2.05, 4.69) is 21.6 Å². The molecule has 2 aromatic carbocycles. The number of carbonyl (C=O) groups is 1. The lowest BCUT2D eigenvalue weighted by molar-refractivity contribution is -0.116. The number of halogens is 2. The number of hydrogen-bond acceptors (Lipinski definition) is 4. The van der Waals surface area contributed by atoms with Gasteiger partial charge in [0.1, 0.15) is 11.6 Å². The second kappa shape index (κ2) is 10.3. The zero-order valence-corrected chi connectivity index (χ0v) is 16.1. The number of benzene rings is 2. The van der Waals surface area contributed by atoms with E-state index in [0.29, 0.717) is 18.7 Å². The van der Waals surface area contributed by atoms with E-state index in [1.807, 2.05) is 18.2 Å². The predicted octanol–water partition coefficient (Wildman–Crippen LogP) is 3.23. The molecule has 0 saturated carbocycles. The molecular weight excluding hydrogens is 369 g/mol. The highest BCUT2D eigenvalue weighted by atomic mass is 35.5. The van der Waals surface area contributed by atoms with Crippen molar-refractivity contribution < 1.29 is 13.9 Å². The first-order chi connectivity index (χ1) is 12.7. The van der Waals surface area contributed by atoms with Crippen LogP contribution in [0.5, 0.6) is 5.75 Å². The number of nitrogens with zero attached hydrogens (tertiary/aromatic N) is 1. The number of carbonyl (C=O) groups excluding carboxylic acids is 1. The molecule has 1 fully saturated rings. The van der Waals surface area contributed by atoms with Crippen molar-refractivity contribution in [3.63, 3.8) is 0 Å². The normalized spacial score (nSPS) is 17.0. The van der Waals surface area contributed by atoms with Crippen molar-refractivity contribution in [3.05, 3.63) is 59.9 Å². The number of hydrogen-bond donors (Lipinski definition) is 2. The Hall–Kier alpha value is -2.15. The second-order valence-corrected chi connectivity index (χ2v) is 6.31. The van der Waals surface area contributed by atoms with E-state index >= 15 is 0 Å². The van der Waals surface area contributed by atoms with Crippen LogP contribution in [0, 0.1) is 5.82 Å². The molecule has 1 amide bonds. The van der Waals surface area contributed by atoms with Crippen LogP contribution in [0.4, 0.5) is 10.1 Å². The zero-order chi connectivity index (χ0) is 18.4. The van der Waals surface area contributed by atoms with Gasteiger partial charge in [-0.15, -0.1) is 12.4 Å². The van der Waals surface area contributed by atoms with Crippen molar-refractivity contribution in [2.24, 2.45) is 0 Å². The van der Waals surface area contributed by atoms with E-state index in [4.69, 9.17) is 4.74 Å². The van der Waals surface area contributed by atoms with Gasteiger partial charge in [0.05, 0.1) is 13.2 Å². The van der Waals surface area contributed by atoms with Crippen molar-refractivity contribution in [1.29, 1.82) is 0 Å². The van der Waals surface area contributed by atoms with Gasteiger partial charge >= 0.3 is 0 Å². The van der Waals surface area contributed by atoms with Crippen molar-refractivity contribution in [1.82, 2.24) is 10.2 Å². The minimum absolute atomic E-state index is 0. The molecule has 27 heavy (non-hydrogen) atoms. The van der Waals surface area contributed by atoms with Crippen molar-refractivity contribution >= 4 is 24.0 Å². The lowest BCUT2D eigenvalue weighted by Crippen LogP contribution is -2.46. The molecule has 1 unspecified atom stereocenters. The fourth-order valence-electron chi connectivity index (χ4n) is 3.30. The van der Waals surface area contributed by atoms with E-state index in [1.165, 1.54) is 12.1 Å². The summed E-state index contributed by atoms with van der Waals surface area (Å²) in [6.07, 6.45) is 0.349. The van der Waals surface area contributed by atoms with Crippen LogP contribution in [0.3, 0.4) is 0 Å². The maximum atomic E-state index is 13.2. The lowest BCUT2D eigenvalue weighted by Gasteiger charge is -2.37. The summed E-state index contributed by atoms with van der Waals surface area (Å²) in [7, 11) is 1.67. The smallest absolute Gasteiger partial charge is 0.225 e.